The predicted octanol–water partition coefficient (Wildman–Crippen LogP) is -0.0644. The first kappa shape index (κ1) is 8.50. The van der Waals surface area contributed by atoms with Crippen molar-refractivity contribution in [2.24, 2.45) is 0 Å². The monoisotopic (exact) mass is 174 g/mol. The molecule has 0 N–H and O–H groups in total. The highest BCUT2D eigenvalue weighted by atomic mass is 32.2. The van der Waals surface area contributed by atoms with Crippen LogP contribution in [0.2, 0.25) is 0 Å². The van der Waals surface area contributed by atoms with Crippen LogP contribution in [0.5, 0.6) is 0 Å². The summed E-state index contributed by atoms with van der Waals surface area (Å²) in [6, 6.07) is 1.84. The third kappa shape index (κ3) is 1.91. The van der Waals surface area contributed by atoms with Gasteiger partial charge in [-0.3, -0.25) is 0 Å². The molecule has 1 rings (SSSR count). The Bertz CT molecular complexity index is 265. The van der Waals surface area contributed by atoms with E-state index in [9.17, 15) is 8.42 Å². The Balaban J connectivity index is 2.70. The highest BCUT2D eigenvalue weighted by molar-refractivity contribution is 7.89. The molecule has 1 fully saturated rings. The lowest BCUT2D eigenvalue weighted by molar-refractivity contribution is 0.413. The summed E-state index contributed by atoms with van der Waals surface area (Å²) in [4.78, 5) is 0. The Morgan fingerprint density at radius 1 is 1.45 bits per heavy atom. The third-order valence-electron chi connectivity index (χ3n) is 1.70. The van der Waals surface area contributed by atoms with Crippen LogP contribution in [0.1, 0.15) is 12.8 Å². The number of hydrogen-bond donors (Lipinski definition) is 0. The number of sulfonamides is 1. The first-order valence-electron chi connectivity index (χ1n) is 3.51. The molecule has 0 aromatic heterocycles. The van der Waals surface area contributed by atoms with E-state index in [1.54, 1.807) is 0 Å². The van der Waals surface area contributed by atoms with E-state index in [-0.39, 0.29) is 12.3 Å². The topological polar surface area (TPSA) is 61.2 Å². The van der Waals surface area contributed by atoms with Gasteiger partial charge in [-0.25, -0.2) is 8.42 Å². The average molecular weight is 174 g/mol. The van der Waals surface area contributed by atoms with Gasteiger partial charge in [-0.15, -0.1) is 0 Å². The number of rotatable bonds is 1. The van der Waals surface area contributed by atoms with Gasteiger partial charge in [-0.2, -0.15) is 9.57 Å². The molecule has 4 nitrogen and oxygen atoms in total. The smallest absolute Gasteiger partial charge is 0.212 e. The summed E-state index contributed by atoms with van der Waals surface area (Å²) in [7, 11) is -3.07. The van der Waals surface area contributed by atoms with Gasteiger partial charge < -0.3 is 0 Å². The second-order valence-electron chi connectivity index (χ2n) is 2.51. The molecule has 1 aliphatic rings. The van der Waals surface area contributed by atoms with Crippen molar-refractivity contribution >= 4 is 10.0 Å². The van der Waals surface area contributed by atoms with Crippen LogP contribution in [0.15, 0.2) is 0 Å². The normalized spacial score (nSPS) is 24.3. The molecule has 0 bridgehead atoms. The lowest BCUT2D eigenvalue weighted by Gasteiger charge is -2.23. The van der Waals surface area contributed by atoms with Gasteiger partial charge in [0, 0.05) is 6.54 Å². The van der Waals surface area contributed by atoms with Crippen molar-refractivity contribution in [3.63, 3.8) is 0 Å². The molecule has 0 radical (unpaired) electrons. The molecule has 0 unspecified atom stereocenters. The molecule has 0 aliphatic carbocycles. The summed E-state index contributed by atoms with van der Waals surface area (Å²) in [5.41, 5.74) is 0. The van der Waals surface area contributed by atoms with E-state index < -0.39 is 10.0 Å². The lowest BCUT2D eigenvalue weighted by atomic mass is 10.3. The zero-order valence-electron chi connectivity index (χ0n) is 6.15. The van der Waals surface area contributed by atoms with Crippen LogP contribution in [-0.2, 0) is 10.0 Å². The minimum atomic E-state index is -3.07. The summed E-state index contributed by atoms with van der Waals surface area (Å²) in [6.07, 6.45) is 1.60. The lowest BCUT2D eigenvalue weighted by Crippen LogP contribution is -2.37. The van der Waals surface area contributed by atoms with Crippen molar-refractivity contribution < 1.29 is 8.42 Å². The number of nitriles is 1. The van der Waals surface area contributed by atoms with Crippen LogP contribution < -0.4 is 0 Å². The van der Waals surface area contributed by atoms with Crippen molar-refractivity contribution in [2.45, 2.75) is 12.8 Å². The first-order chi connectivity index (χ1) is 5.17. The number of hydrogen-bond acceptors (Lipinski definition) is 3. The molecule has 62 valence electrons. The Morgan fingerprint density at radius 3 is 2.73 bits per heavy atom. The zero-order valence-corrected chi connectivity index (χ0v) is 6.97. The summed E-state index contributed by atoms with van der Waals surface area (Å²) in [5.74, 6) is 0.203. The van der Waals surface area contributed by atoms with Gasteiger partial charge in [-0.05, 0) is 12.8 Å². The van der Waals surface area contributed by atoms with E-state index in [1.165, 1.54) is 4.31 Å². The zero-order chi connectivity index (χ0) is 8.32. The maximum Gasteiger partial charge on any atom is 0.215 e. The van der Waals surface area contributed by atoms with Crippen molar-refractivity contribution in [1.29, 1.82) is 5.26 Å². The Kier molecular flexibility index (Phi) is 2.47. The fraction of sp³-hybridized carbons (Fsp3) is 0.833. The predicted molar refractivity (Wildman–Crippen MR) is 40.2 cm³/mol. The van der Waals surface area contributed by atoms with Crippen LogP contribution in [0.4, 0.5) is 0 Å². The van der Waals surface area contributed by atoms with E-state index in [2.05, 4.69) is 0 Å². The van der Waals surface area contributed by atoms with E-state index in [0.29, 0.717) is 6.54 Å². The molecule has 1 saturated heterocycles. The molecule has 0 spiro atoms. The molecule has 0 aromatic rings. The summed E-state index contributed by atoms with van der Waals surface area (Å²) in [5, 5.41) is 8.29. The van der Waals surface area contributed by atoms with Crippen LogP contribution in [0.25, 0.3) is 0 Å². The molecule has 0 aromatic carbocycles. The van der Waals surface area contributed by atoms with Gasteiger partial charge in [0.25, 0.3) is 0 Å². The Labute approximate surface area is 66.5 Å². The summed E-state index contributed by atoms with van der Waals surface area (Å²) >= 11 is 0. The van der Waals surface area contributed by atoms with E-state index in [4.69, 9.17) is 5.26 Å². The Morgan fingerprint density at radius 2 is 2.18 bits per heavy atom. The van der Waals surface area contributed by atoms with Crippen molar-refractivity contribution in [3.8, 4) is 6.07 Å². The molecular weight excluding hydrogens is 164 g/mol. The molecule has 0 amide bonds. The first-order valence-corrected chi connectivity index (χ1v) is 5.12. The van der Waals surface area contributed by atoms with Gasteiger partial charge in [0.1, 0.15) is 6.54 Å². The number of nitrogens with zero attached hydrogens (tertiary/aromatic N) is 2. The highest BCUT2D eigenvalue weighted by Gasteiger charge is 2.24. The molecule has 0 atom stereocenters. The minimum Gasteiger partial charge on any atom is -0.212 e. The fourth-order valence-electron chi connectivity index (χ4n) is 1.10. The second-order valence-corrected chi connectivity index (χ2v) is 4.60. The molecule has 5 heteroatoms. The highest BCUT2D eigenvalue weighted by Crippen LogP contribution is 2.11. The standard InChI is InChI=1S/C6H10N2O2S/c7-3-5-8-4-1-2-6-11(8,9)10/h1-2,4-6H2. The molecule has 11 heavy (non-hydrogen) atoms. The maximum absolute atomic E-state index is 11.1. The summed E-state index contributed by atoms with van der Waals surface area (Å²) < 4.78 is 23.5. The van der Waals surface area contributed by atoms with E-state index in [1.807, 2.05) is 6.07 Å². The SMILES string of the molecule is N#CCN1CCCCS1(=O)=O. The fourth-order valence-corrected chi connectivity index (χ4v) is 2.59. The quantitative estimate of drug-likeness (QED) is 0.523. The molecule has 1 heterocycles. The average Bonchev–Trinajstić information content (AvgIpc) is 1.94. The van der Waals surface area contributed by atoms with Gasteiger partial charge in [0.2, 0.25) is 10.0 Å². The third-order valence-corrected chi connectivity index (χ3v) is 3.60. The molecular formula is C6H10N2O2S. The molecule has 0 saturated carbocycles. The minimum absolute atomic E-state index is 0.00231. The van der Waals surface area contributed by atoms with Crippen LogP contribution >= 0.6 is 0 Å². The van der Waals surface area contributed by atoms with Gasteiger partial charge >= 0.3 is 0 Å². The van der Waals surface area contributed by atoms with Crippen LogP contribution in [0, 0.1) is 11.3 Å². The van der Waals surface area contributed by atoms with Gasteiger partial charge in [0.05, 0.1) is 11.8 Å². The van der Waals surface area contributed by atoms with Gasteiger partial charge in [-0.1, -0.05) is 0 Å². The van der Waals surface area contributed by atoms with Crippen LogP contribution in [0.3, 0.4) is 0 Å². The van der Waals surface area contributed by atoms with Crippen LogP contribution in [-0.4, -0.2) is 31.6 Å². The largest absolute Gasteiger partial charge is 0.215 e. The summed E-state index contributed by atoms with van der Waals surface area (Å²) in [6.45, 7) is 0.512. The molecule has 1 aliphatic heterocycles. The van der Waals surface area contributed by atoms with E-state index >= 15 is 0 Å². The second kappa shape index (κ2) is 3.20. The van der Waals surface area contributed by atoms with E-state index in [0.717, 1.165) is 12.8 Å². The van der Waals surface area contributed by atoms with Crippen molar-refractivity contribution in [1.82, 2.24) is 4.31 Å². The Hall–Kier alpha value is -0.600. The van der Waals surface area contributed by atoms with Crippen molar-refractivity contribution in [2.75, 3.05) is 18.8 Å². The van der Waals surface area contributed by atoms with Crippen molar-refractivity contribution in [3.05, 3.63) is 0 Å². The van der Waals surface area contributed by atoms with Gasteiger partial charge in [0.15, 0.2) is 0 Å². The maximum atomic E-state index is 11.1.